The second-order valence-electron chi connectivity index (χ2n) is 5.62. The Morgan fingerprint density at radius 3 is 2.52 bits per heavy atom. The molecule has 1 aromatic carbocycles. The van der Waals surface area contributed by atoms with Gasteiger partial charge in [0.2, 0.25) is 10.0 Å². The number of carboxylic acids is 1. The molecule has 0 aromatic heterocycles. The minimum absolute atomic E-state index is 0.173. The van der Waals surface area contributed by atoms with Crippen molar-refractivity contribution in [2.75, 3.05) is 6.54 Å². The van der Waals surface area contributed by atoms with Crippen molar-refractivity contribution in [2.45, 2.75) is 50.5 Å². The zero-order valence-electron chi connectivity index (χ0n) is 12.6. The molecule has 0 bridgehead atoms. The van der Waals surface area contributed by atoms with Crippen molar-refractivity contribution in [2.24, 2.45) is 0 Å². The molecular formula is C15H21NO4S. The molecule has 1 aliphatic rings. The lowest BCUT2D eigenvalue weighted by Crippen LogP contribution is -2.52. The average Bonchev–Trinajstić information content (AvgIpc) is 2.87. The maximum absolute atomic E-state index is 12.8. The first-order valence-corrected chi connectivity index (χ1v) is 8.53. The van der Waals surface area contributed by atoms with E-state index >= 15 is 0 Å². The summed E-state index contributed by atoms with van der Waals surface area (Å²) in [6.45, 7) is 5.75. The highest BCUT2D eigenvalue weighted by Gasteiger charge is 2.52. The molecule has 1 saturated heterocycles. The van der Waals surface area contributed by atoms with Crippen LogP contribution in [-0.4, -0.2) is 35.9 Å². The molecule has 0 amide bonds. The normalized spacial score (nSPS) is 23.4. The highest BCUT2D eigenvalue weighted by atomic mass is 32.2. The molecule has 1 aliphatic heterocycles. The lowest BCUT2D eigenvalue weighted by molar-refractivity contribution is -0.147. The van der Waals surface area contributed by atoms with Crippen LogP contribution in [0.2, 0.25) is 0 Å². The molecule has 116 valence electrons. The number of carboxylic acid groups (broad SMARTS) is 1. The Morgan fingerprint density at radius 1 is 1.33 bits per heavy atom. The van der Waals surface area contributed by atoms with Crippen molar-refractivity contribution in [3.8, 4) is 0 Å². The van der Waals surface area contributed by atoms with Gasteiger partial charge in [0.05, 0.1) is 4.90 Å². The summed E-state index contributed by atoms with van der Waals surface area (Å²) in [6.07, 6.45) is 1.21. The summed E-state index contributed by atoms with van der Waals surface area (Å²) in [6, 6.07) is 4.93. The number of carbonyl (C=O) groups is 1. The van der Waals surface area contributed by atoms with Gasteiger partial charge in [-0.15, -0.1) is 0 Å². The summed E-state index contributed by atoms with van der Waals surface area (Å²) < 4.78 is 26.9. The van der Waals surface area contributed by atoms with E-state index in [-0.39, 0.29) is 17.9 Å². The molecule has 2 rings (SSSR count). The summed E-state index contributed by atoms with van der Waals surface area (Å²) in [7, 11) is -3.79. The number of aryl methyl sites for hydroxylation is 2. The molecule has 0 radical (unpaired) electrons. The van der Waals surface area contributed by atoms with Gasteiger partial charge in [-0.2, -0.15) is 4.31 Å². The molecule has 1 unspecified atom stereocenters. The second kappa shape index (κ2) is 5.42. The second-order valence-corrected chi connectivity index (χ2v) is 7.48. The first-order chi connectivity index (χ1) is 9.75. The number of hydrogen-bond acceptors (Lipinski definition) is 3. The molecule has 21 heavy (non-hydrogen) atoms. The third-order valence-corrected chi connectivity index (χ3v) is 6.44. The first kappa shape index (κ1) is 16.0. The molecule has 1 fully saturated rings. The minimum Gasteiger partial charge on any atom is -0.480 e. The van der Waals surface area contributed by atoms with E-state index in [0.29, 0.717) is 12.8 Å². The quantitative estimate of drug-likeness (QED) is 0.926. The number of rotatable bonds is 4. The van der Waals surface area contributed by atoms with Gasteiger partial charge in [-0.05, 0) is 56.4 Å². The predicted octanol–water partition coefficient (Wildman–Crippen LogP) is 2.32. The zero-order valence-corrected chi connectivity index (χ0v) is 13.4. The Bertz CT molecular complexity index is 668. The molecular weight excluding hydrogens is 290 g/mol. The third kappa shape index (κ3) is 2.46. The van der Waals surface area contributed by atoms with Crippen LogP contribution in [0.5, 0.6) is 0 Å². The number of sulfonamides is 1. The molecule has 0 aliphatic carbocycles. The average molecular weight is 311 g/mol. The number of nitrogens with zero attached hydrogens (tertiary/aromatic N) is 1. The molecule has 1 aromatic rings. The fourth-order valence-electron chi connectivity index (χ4n) is 2.92. The Kier molecular flexibility index (Phi) is 4.13. The van der Waals surface area contributed by atoms with Crippen LogP contribution >= 0.6 is 0 Å². The summed E-state index contributed by atoms with van der Waals surface area (Å²) in [5.41, 5.74) is 0.584. The van der Waals surface area contributed by atoms with Crippen LogP contribution < -0.4 is 0 Å². The van der Waals surface area contributed by atoms with Gasteiger partial charge in [0.15, 0.2) is 0 Å². The predicted molar refractivity (Wildman–Crippen MR) is 79.7 cm³/mol. The van der Waals surface area contributed by atoms with E-state index in [4.69, 9.17) is 0 Å². The Hall–Kier alpha value is -1.40. The van der Waals surface area contributed by atoms with E-state index in [1.165, 1.54) is 4.31 Å². The molecule has 0 spiro atoms. The topological polar surface area (TPSA) is 74.7 Å². The Labute approximate surface area is 125 Å². The summed E-state index contributed by atoms with van der Waals surface area (Å²) in [4.78, 5) is 11.8. The lowest BCUT2D eigenvalue weighted by atomic mass is 9.95. The minimum atomic E-state index is -3.79. The van der Waals surface area contributed by atoms with Crippen LogP contribution in [0.1, 0.15) is 37.3 Å². The van der Waals surface area contributed by atoms with Crippen molar-refractivity contribution in [1.29, 1.82) is 0 Å². The van der Waals surface area contributed by atoms with E-state index in [1.807, 2.05) is 13.8 Å². The van der Waals surface area contributed by atoms with Gasteiger partial charge >= 0.3 is 5.97 Å². The fourth-order valence-corrected chi connectivity index (χ4v) is 4.87. The number of hydrogen-bond donors (Lipinski definition) is 1. The Balaban J connectivity index is 2.52. The van der Waals surface area contributed by atoms with Gasteiger partial charge in [0.25, 0.3) is 0 Å². The maximum atomic E-state index is 12.8. The molecule has 1 atom stereocenters. The summed E-state index contributed by atoms with van der Waals surface area (Å²) in [5, 5.41) is 9.54. The van der Waals surface area contributed by atoms with Crippen molar-refractivity contribution >= 4 is 16.0 Å². The third-order valence-electron chi connectivity index (χ3n) is 4.48. The van der Waals surface area contributed by atoms with Crippen LogP contribution in [0.3, 0.4) is 0 Å². The molecule has 0 saturated carbocycles. The van der Waals surface area contributed by atoms with E-state index < -0.39 is 21.5 Å². The standard InChI is InChI=1S/C15H21NO4S/c1-4-15(14(17)18)8-5-9-16(15)21(19,20)13-7-6-11(2)12(3)10-13/h6-7,10H,4-5,8-9H2,1-3H3,(H,17,18). The SMILES string of the molecule is CCC1(C(=O)O)CCCN1S(=O)(=O)c1ccc(C)c(C)c1. The van der Waals surface area contributed by atoms with E-state index in [9.17, 15) is 18.3 Å². The lowest BCUT2D eigenvalue weighted by Gasteiger charge is -2.33. The smallest absolute Gasteiger partial charge is 0.325 e. The molecule has 1 N–H and O–H groups in total. The van der Waals surface area contributed by atoms with E-state index in [1.54, 1.807) is 25.1 Å². The number of aliphatic carboxylic acids is 1. The largest absolute Gasteiger partial charge is 0.480 e. The van der Waals surface area contributed by atoms with Gasteiger partial charge in [-0.3, -0.25) is 4.79 Å². The summed E-state index contributed by atoms with van der Waals surface area (Å²) >= 11 is 0. The molecule has 1 heterocycles. The van der Waals surface area contributed by atoms with Crippen LogP contribution in [0, 0.1) is 13.8 Å². The fraction of sp³-hybridized carbons (Fsp3) is 0.533. The molecule has 6 heteroatoms. The van der Waals surface area contributed by atoms with E-state index in [2.05, 4.69) is 0 Å². The van der Waals surface area contributed by atoms with Crippen molar-refractivity contribution < 1.29 is 18.3 Å². The van der Waals surface area contributed by atoms with Crippen LogP contribution in [0.4, 0.5) is 0 Å². The van der Waals surface area contributed by atoms with Crippen LogP contribution in [0.15, 0.2) is 23.1 Å². The monoisotopic (exact) mass is 311 g/mol. The maximum Gasteiger partial charge on any atom is 0.325 e. The zero-order chi connectivity index (χ0) is 15.8. The first-order valence-electron chi connectivity index (χ1n) is 7.09. The number of benzene rings is 1. The van der Waals surface area contributed by atoms with Gasteiger partial charge in [0.1, 0.15) is 5.54 Å². The Morgan fingerprint density at radius 2 is 2.00 bits per heavy atom. The van der Waals surface area contributed by atoms with Gasteiger partial charge < -0.3 is 5.11 Å². The van der Waals surface area contributed by atoms with Crippen molar-refractivity contribution in [3.05, 3.63) is 29.3 Å². The van der Waals surface area contributed by atoms with Crippen LogP contribution in [-0.2, 0) is 14.8 Å². The van der Waals surface area contributed by atoms with E-state index in [0.717, 1.165) is 11.1 Å². The van der Waals surface area contributed by atoms with Crippen LogP contribution in [0.25, 0.3) is 0 Å². The molecule has 5 nitrogen and oxygen atoms in total. The highest BCUT2D eigenvalue weighted by molar-refractivity contribution is 7.89. The van der Waals surface area contributed by atoms with Gasteiger partial charge in [0, 0.05) is 6.54 Å². The summed E-state index contributed by atoms with van der Waals surface area (Å²) in [5.74, 6) is -1.06. The highest BCUT2D eigenvalue weighted by Crippen LogP contribution is 2.37. The van der Waals surface area contributed by atoms with Crippen molar-refractivity contribution in [3.63, 3.8) is 0 Å². The van der Waals surface area contributed by atoms with Gasteiger partial charge in [-0.1, -0.05) is 13.0 Å². The van der Waals surface area contributed by atoms with Crippen molar-refractivity contribution in [1.82, 2.24) is 4.31 Å². The van der Waals surface area contributed by atoms with Gasteiger partial charge in [-0.25, -0.2) is 8.42 Å².